The summed E-state index contributed by atoms with van der Waals surface area (Å²) in [4.78, 5) is 16.6. The molecule has 2 unspecified atom stereocenters. The summed E-state index contributed by atoms with van der Waals surface area (Å²) in [5.41, 5.74) is 2.61. The first kappa shape index (κ1) is 18.3. The van der Waals surface area contributed by atoms with Gasteiger partial charge in [0.1, 0.15) is 5.75 Å². The number of nitrogens with one attached hydrogen (secondary N) is 1. The Morgan fingerprint density at radius 2 is 2.04 bits per heavy atom. The van der Waals surface area contributed by atoms with Gasteiger partial charge in [-0.1, -0.05) is 12.1 Å². The smallest absolute Gasteiger partial charge is 0.267 e. The van der Waals surface area contributed by atoms with E-state index in [1.165, 1.54) is 4.68 Å². The lowest BCUT2D eigenvalue weighted by Gasteiger charge is -2.21. The molecule has 2 atom stereocenters. The SMILES string of the molecule is COc1cccc(-c2ccc(=O)n(C3COCC3NCc3ccncc3)n2)c1. The second-order valence-corrected chi connectivity index (χ2v) is 6.68. The molecule has 1 aromatic carbocycles. The third kappa shape index (κ3) is 3.95. The maximum Gasteiger partial charge on any atom is 0.267 e. The van der Waals surface area contributed by atoms with E-state index in [9.17, 15) is 4.79 Å². The van der Waals surface area contributed by atoms with Crippen LogP contribution in [0, 0.1) is 0 Å². The van der Waals surface area contributed by atoms with E-state index in [2.05, 4.69) is 15.4 Å². The zero-order valence-electron chi connectivity index (χ0n) is 15.6. The minimum absolute atomic E-state index is 0.000996. The Balaban J connectivity index is 1.57. The summed E-state index contributed by atoms with van der Waals surface area (Å²) in [6.45, 7) is 1.66. The third-order valence-electron chi connectivity index (χ3n) is 4.87. The van der Waals surface area contributed by atoms with Gasteiger partial charge >= 0.3 is 0 Å². The van der Waals surface area contributed by atoms with Gasteiger partial charge in [-0.05, 0) is 35.9 Å². The van der Waals surface area contributed by atoms with Gasteiger partial charge in [0.2, 0.25) is 0 Å². The highest BCUT2D eigenvalue weighted by Crippen LogP contribution is 2.23. The van der Waals surface area contributed by atoms with E-state index in [1.807, 2.05) is 36.4 Å². The lowest BCUT2D eigenvalue weighted by molar-refractivity contribution is 0.181. The molecular weight excluding hydrogens is 356 g/mol. The van der Waals surface area contributed by atoms with Gasteiger partial charge in [0.15, 0.2) is 0 Å². The minimum atomic E-state index is -0.167. The van der Waals surface area contributed by atoms with Crippen molar-refractivity contribution in [1.82, 2.24) is 20.1 Å². The lowest BCUT2D eigenvalue weighted by atomic mass is 10.1. The van der Waals surface area contributed by atoms with Crippen LogP contribution in [0.2, 0.25) is 0 Å². The number of ether oxygens (including phenoxy) is 2. The van der Waals surface area contributed by atoms with Crippen molar-refractivity contribution in [3.8, 4) is 17.0 Å². The molecule has 1 aliphatic heterocycles. The molecule has 3 aromatic rings. The molecule has 1 N–H and O–H groups in total. The van der Waals surface area contributed by atoms with E-state index in [1.54, 1.807) is 31.6 Å². The number of pyridine rings is 1. The quantitative estimate of drug-likeness (QED) is 0.707. The standard InChI is InChI=1S/C21H22N4O3/c1-27-17-4-2-3-16(11-17)18-5-6-21(26)25(24-18)20-14-28-13-19(20)23-12-15-7-9-22-10-8-15/h2-11,19-20,23H,12-14H2,1H3. The van der Waals surface area contributed by atoms with Crippen molar-refractivity contribution in [2.75, 3.05) is 20.3 Å². The number of rotatable bonds is 6. The van der Waals surface area contributed by atoms with Gasteiger partial charge in [0.25, 0.3) is 5.56 Å². The molecule has 4 rings (SSSR count). The second kappa shape index (κ2) is 8.33. The fraction of sp³-hybridized carbons (Fsp3) is 0.286. The third-order valence-corrected chi connectivity index (χ3v) is 4.87. The molecule has 1 aliphatic rings. The first-order chi connectivity index (χ1) is 13.7. The molecule has 0 aliphatic carbocycles. The predicted molar refractivity (Wildman–Crippen MR) is 105 cm³/mol. The van der Waals surface area contributed by atoms with E-state index < -0.39 is 0 Å². The maximum absolute atomic E-state index is 12.5. The maximum atomic E-state index is 12.5. The predicted octanol–water partition coefficient (Wildman–Crippen LogP) is 2.04. The molecule has 1 fully saturated rings. The highest BCUT2D eigenvalue weighted by Gasteiger charge is 2.31. The van der Waals surface area contributed by atoms with Gasteiger partial charge in [-0.15, -0.1) is 0 Å². The first-order valence-corrected chi connectivity index (χ1v) is 9.19. The Bertz CT molecular complexity index is 990. The number of hydrogen-bond acceptors (Lipinski definition) is 6. The van der Waals surface area contributed by atoms with E-state index >= 15 is 0 Å². The average molecular weight is 378 g/mol. The summed E-state index contributed by atoms with van der Waals surface area (Å²) >= 11 is 0. The Morgan fingerprint density at radius 1 is 1.18 bits per heavy atom. The highest BCUT2D eigenvalue weighted by atomic mass is 16.5. The fourth-order valence-corrected chi connectivity index (χ4v) is 3.33. The summed E-state index contributed by atoms with van der Waals surface area (Å²) in [6.07, 6.45) is 3.53. The molecule has 0 saturated carbocycles. The molecule has 28 heavy (non-hydrogen) atoms. The van der Waals surface area contributed by atoms with Gasteiger partial charge in [-0.2, -0.15) is 5.10 Å². The van der Waals surface area contributed by atoms with E-state index in [4.69, 9.17) is 9.47 Å². The molecule has 7 nitrogen and oxygen atoms in total. The monoisotopic (exact) mass is 378 g/mol. The molecular formula is C21H22N4O3. The Kier molecular flexibility index (Phi) is 5.45. The number of benzene rings is 1. The molecule has 2 aromatic heterocycles. The van der Waals surface area contributed by atoms with E-state index in [0.29, 0.717) is 19.8 Å². The summed E-state index contributed by atoms with van der Waals surface area (Å²) in [5, 5.41) is 8.10. The van der Waals surface area contributed by atoms with Gasteiger partial charge < -0.3 is 14.8 Å². The van der Waals surface area contributed by atoms with Crippen LogP contribution in [-0.2, 0) is 11.3 Å². The van der Waals surface area contributed by atoms with Gasteiger partial charge in [0.05, 0.1) is 38.1 Å². The van der Waals surface area contributed by atoms with Crippen molar-refractivity contribution in [2.45, 2.75) is 18.6 Å². The molecule has 0 amide bonds. The van der Waals surface area contributed by atoms with Crippen molar-refractivity contribution in [2.24, 2.45) is 0 Å². The fourth-order valence-electron chi connectivity index (χ4n) is 3.33. The Morgan fingerprint density at radius 3 is 2.86 bits per heavy atom. The molecule has 0 bridgehead atoms. The number of aromatic nitrogens is 3. The van der Waals surface area contributed by atoms with E-state index in [0.717, 1.165) is 22.6 Å². The van der Waals surface area contributed by atoms with Crippen LogP contribution in [0.1, 0.15) is 11.6 Å². The minimum Gasteiger partial charge on any atom is -0.497 e. The zero-order valence-corrected chi connectivity index (χ0v) is 15.6. The van der Waals surface area contributed by atoms with Crippen LogP contribution in [0.4, 0.5) is 0 Å². The number of hydrogen-bond donors (Lipinski definition) is 1. The summed E-state index contributed by atoms with van der Waals surface area (Å²) in [6, 6.07) is 14.7. The summed E-state index contributed by atoms with van der Waals surface area (Å²) in [5.74, 6) is 0.748. The lowest BCUT2D eigenvalue weighted by Crippen LogP contribution is -2.41. The van der Waals surface area contributed by atoms with Crippen LogP contribution in [-0.4, -0.2) is 41.1 Å². The average Bonchev–Trinajstić information content (AvgIpc) is 3.22. The second-order valence-electron chi connectivity index (χ2n) is 6.68. The number of methoxy groups -OCH3 is 1. The zero-order chi connectivity index (χ0) is 19.3. The molecule has 3 heterocycles. The van der Waals surface area contributed by atoms with Crippen molar-refractivity contribution in [3.63, 3.8) is 0 Å². The van der Waals surface area contributed by atoms with E-state index in [-0.39, 0.29) is 17.6 Å². The van der Waals surface area contributed by atoms with Crippen LogP contribution >= 0.6 is 0 Å². The van der Waals surface area contributed by atoms with Crippen molar-refractivity contribution >= 4 is 0 Å². The van der Waals surface area contributed by atoms with Crippen LogP contribution in [0.3, 0.4) is 0 Å². The van der Waals surface area contributed by atoms with Gasteiger partial charge in [0, 0.05) is 30.6 Å². The van der Waals surface area contributed by atoms with Crippen molar-refractivity contribution in [3.05, 3.63) is 76.8 Å². The van der Waals surface area contributed by atoms with Crippen LogP contribution in [0.15, 0.2) is 65.7 Å². The van der Waals surface area contributed by atoms with Crippen LogP contribution < -0.4 is 15.6 Å². The van der Waals surface area contributed by atoms with Gasteiger partial charge in [-0.25, -0.2) is 4.68 Å². The summed E-state index contributed by atoms with van der Waals surface area (Å²) in [7, 11) is 1.63. The topological polar surface area (TPSA) is 78.3 Å². The van der Waals surface area contributed by atoms with Crippen molar-refractivity contribution < 1.29 is 9.47 Å². The van der Waals surface area contributed by atoms with Crippen LogP contribution in [0.5, 0.6) is 5.75 Å². The number of nitrogens with zero attached hydrogens (tertiary/aromatic N) is 3. The Labute approximate surface area is 163 Å². The van der Waals surface area contributed by atoms with Crippen LogP contribution in [0.25, 0.3) is 11.3 Å². The molecule has 144 valence electrons. The van der Waals surface area contributed by atoms with Crippen molar-refractivity contribution in [1.29, 1.82) is 0 Å². The molecule has 7 heteroatoms. The van der Waals surface area contributed by atoms with Gasteiger partial charge in [-0.3, -0.25) is 9.78 Å². The largest absolute Gasteiger partial charge is 0.497 e. The normalized spacial score (nSPS) is 18.9. The summed E-state index contributed by atoms with van der Waals surface area (Å²) < 4.78 is 12.5. The highest BCUT2D eigenvalue weighted by molar-refractivity contribution is 5.60. The molecule has 0 radical (unpaired) electrons. The first-order valence-electron chi connectivity index (χ1n) is 9.19. The Hall–Kier alpha value is -3.03. The molecule has 1 saturated heterocycles. The molecule has 0 spiro atoms.